The van der Waals surface area contributed by atoms with Crippen molar-refractivity contribution in [1.29, 1.82) is 0 Å². The second-order valence-corrected chi connectivity index (χ2v) is 8.73. The Bertz CT molecular complexity index is 802. The van der Waals surface area contributed by atoms with Crippen molar-refractivity contribution in [2.24, 2.45) is 4.99 Å². The van der Waals surface area contributed by atoms with Gasteiger partial charge in [-0.2, -0.15) is 0 Å². The highest BCUT2D eigenvalue weighted by molar-refractivity contribution is 6.30. The Labute approximate surface area is 193 Å². The van der Waals surface area contributed by atoms with Gasteiger partial charge in [-0.3, -0.25) is 0 Å². The van der Waals surface area contributed by atoms with Crippen molar-refractivity contribution < 1.29 is 4.74 Å². The van der Waals surface area contributed by atoms with Crippen LogP contribution in [0.3, 0.4) is 0 Å². The number of amidine groups is 1. The zero-order valence-corrected chi connectivity index (χ0v) is 20.3. The summed E-state index contributed by atoms with van der Waals surface area (Å²) in [6.45, 7) is 13.1. The third-order valence-electron chi connectivity index (χ3n) is 5.05. The van der Waals surface area contributed by atoms with E-state index < -0.39 is 0 Å². The monoisotopic (exact) mass is 443 g/mol. The van der Waals surface area contributed by atoms with Gasteiger partial charge in [-0.15, -0.1) is 0 Å². The Morgan fingerprint density at radius 2 is 1.87 bits per heavy atom. The summed E-state index contributed by atoms with van der Waals surface area (Å²) in [6, 6.07) is 7.39. The predicted molar refractivity (Wildman–Crippen MR) is 134 cm³/mol. The molecule has 4 nitrogen and oxygen atoms in total. The van der Waals surface area contributed by atoms with E-state index in [0.717, 1.165) is 30.1 Å². The van der Waals surface area contributed by atoms with Crippen molar-refractivity contribution in [2.75, 3.05) is 6.61 Å². The molecule has 1 aliphatic carbocycles. The first-order valence-corrected chi connectivity index (χ1v) is 11.9. The fraction of sp³-hybridized carbons (Fsp3) is 0.500. The molecule has 0 bridgehead atoms. The maximum Gasteiger partial charge on any atom is 0.155 e. The summed E-state index contributed by atoms with van der Waals surface area (Å²) in [5.41, 5.74) is 4.63. The summed E-state index contributed by atoms with van der Waals surface area (Å²) >= 11 is 5.92. The van der Waals surface area contributed by atoms with E-state index in [0.29, 0.717) is 11.6 Å². The van der Waals surface area contributed by atoms with Crippen LogP contribution in [0.15, 0.2) is 64.5 Å². The molecule has 1 unspecified atom stereocenters. The molecule has 5 heteroatoms. The zero-order chi connectivity index (χ0) is 22.6. The molecule has 1 heterocycles. The Hall–Kier alpha value is -2.20. The molecule has 170 valence electrons. The van der Waals surface area contributed by atoms with E-state index in [-0.39, 0.29) is 6.17 Å². The average Bonchev–Trinajstić information content (AvgIpc) is 2.74. The Balaban J connectivity index is 0.000000614. The number of rotatable bonds is 7. The maximum atomic E-state index is 5.92. The highest BCUT2D eigenvalue weighted by Crippen LogP contribution is 2.27. The third kappa shape index (κ3) is 8.82. The number of benzene rings is 1. The molecule has 1 aliphatic heterocycles. The van der Waals surface area contributed by atoms with Crippen molar-refractivity contribution in [3.63, 3.8) is 0 Å². The van der Waals surface area contributed by atoms with Crippen molar-refractivity contribution in [2.45, 2.75) is 78.8 Å². The van der Waals surface area contributed by atoms with Crippen LogP contribution >= 0.6 is 11.6 Å². The lowest BCUT2D eigenvalue weighted by Gasteiger charge is -2.31. The van der Waals surface area contributed by atoms with E-state index in [9.17, 15) is 0 Å². The van der Waals surface area contributed by atoms with Crippen molar-refractivity contribution >= 4 is 17.4 Å². The van der Waals surface area contributed by atoms with Crippen LogP contribution in [0.2, 0.25) is 5.02 Å². The van der Waals surface area contributed by atoms with Crippen LogP contribution < -0.4 is 15.4 Å². The van der Waals surface area contributed by atoms with Gasteiger partial charge in [-0.25, -0.2) is 4.99 Å². The van der Waals surface area contributed by atoms with E-state index in [4.69, 9.17) is 21.3 Å². The third-order valence-corrected chi connectivity index (χ3v) is 5.30. The minimum Gasteiger partial charge on any atom is -0.489 e. The molecule has 0 fully saturated rings. The minimum atomic E-state index is -0.121. The van der Waals surface area contributed by atoms with Crippen molar-refractivity contribution in [3.8, 4) is 5.75 Å². The summed E-state index contributed by atoms with van der Waals surface area (Å²) in [6.07, 6.45) is 10.5. The second kappa shape index (κ2) is 13.3. The fourth-order valence-corrected chi connectivity index (χ4v) is 3.70. The van der Waals surface area contributed by atoms with Gasteiger partial charge in [0.1, 0.15) is 18.2 Å². The topological polar surface area (TPSA) is 45.7 Å². The Kier molecular flexibility index (Phi) is 10.7. The molecule has 1 aromatic rings. The summed E-state index contributed by atoms with van der Waals surface area (Å²) in [5.74, 6) is 1.71. The molecular formula is C26H38ClN3O. The van der Waals surface area contributed by atoms with Crippen LogP contribution in [0, 0.1) is 0 Å². The number of allylic oxidation sites excluding steroid dienone is 3. The number of unbranched alkanes of at least 4 members (excludes halogenated alkanes) is 2. The maximum absolute atomic E-state index is 5.92. The lowest BCUT2D eigenvalue weighted by atomic mass is 9.94. The highest BCUT2D eigenvalue weighted by atomic mass is 35.5. The van der Waals surface area contributed by atoms with Gasteiger partial charge in [0.15, 0.2) is 6.17 Å². The predicted octanol–water partition coefficient (Wildman–Crippen LogP) is 7.14. The molecule has 0 spiro atoms. The molecule has 0 amide bonds. The molecule has 0 radical (unpaired) electrons. The largest absolute Gasteiger partial charge is 0.489 e. The van der Waals surface area contributed by atoms with Crippen LogP contribution in [0.4, 0.5) is 0 Å². The van der Waals surface area contributed by atoms with Gasteiger partial charge in [0, 0.05) is 22.0 Å². The van der Waals surface area contributed by atoms with Crippen molar-refractivity contribution in [3.05, 3.63) is 64.5 Å². The van der Waals surface area contributed by atoms with Gasteiger partial charge in [0.2, 0.25) is 0 Å². The average molecular weight is 444 g/mol. The van der Waals surface area contributed by atoms with Crippen LogP contribution in [0.1, 0.15) is 72.6 Å². The molecule has 0 saturated heterocycles. The number of halogens is 1. The highest BCUT2D eigenvalue weighted by Gasteiger charge is 2.25. The SMILES string of the molecule is C=C(C=C(C)C)NC1=NC(COc2ccc(Cl)cc2)NC2=C1CCCC2.CCCCC. The summed E-state index contributed by atoms with van der Waals surface area (Å²) in [5, 5.41) is 7.63. The van der Waals surface area contributed by atoms with Crippen molar-refractivity contribution in [1.82, 2.24) is 10.6 Å². The van der Waals surface area contributed by atoms with E-state index in [2.05, 4.69) is 44.9 Å². The van der Waals surface area contributed by atoms with Crippen LogP contribution in [-0.4, -0.2) is 18.6 Å². The van der Waals surface area contributed by atoms with Gasteiger partial charge in [0.05, 0.1) is 0 Å². The lowest BCUT2D eigenvalue weighted by Crippen LogP contribution is -2.42. The number of aliphatic imine (C=N–C) groups is 1. The standard InChI is InChI=1S/C21H26ClN3O.C5H12/c1-14(2)12-15(3)23-21-18-6-4-5-7-19(18)24-20(25-21)13-26-17-10-8-16(22)9-11-17;1-3-5-4-2/h8-12,20,24H,3-7,13H2,1-2H3,(H,23,25);3-5H2,1-2H3. The molecule has 0 aromatic heterocycles. The Morgan fingerprint density at radius 3 is 2.48 bits per heavy atom. The van der Waals surface area contributed by atoms with Gasteiger partial charge < -0.3 is 15.4 Å². The molecule has 0 saturated carbocycles. The molecule has 1 aromatic carbocycles. The molecule has 3 rings (SSSR count). The Morgan fingerprint density at radius 1 is 1.19 bits per heavy atom. The van der Waals surface area contributed by atoms with E-state index in [1.165, 1.54) is 48.9 Å². The van der Waals surface area contributed by atoms with Crippen LogP contribution in [0.5, 0.6) is 5.75 Å². The number of ether oxygens (including phenoxy) is 1. The zero-order valence-electron chi connectivity index (χ0n) is 19.6. The van der Waals surface area contributed by atoms with E-state index in [1.807, 2.05) is 30.3 Å². The normalized spacial score (nSPS) is 17.3. The summed E-state index contributed by atoms with van der Waals surface area (Å²) < 4.78 is 5.89. The molecule has 2 N–H and O–H groups in total. The van der Waals surface area contributed by atoms with Crippen LogP contribution in [-0.2, 0) is 0 Å². The first kappa shape index (κ1) is 25.1. The van der Waals surface area contributed by atoms with Gasteiger partial charge in [0.25, 0.3) is 0 Å². The molecule has 2 aliphatic rings. The quantitative estimate of drug-likeness (QED) is 0.440. The first-order valence-electron chi connectivity index (χ1n) is 11.5. The molecular weight excluding hydrogens is 406 g/mol. The van der Waals surface area contributed by atoms with Gasteiger partial charge in [-0.05, 0) is 69.9 Å². The fourth-order valence-electron chi connectivity index (χ4n) is 3.58. The smallest absolute Gasteiger partial charge is 0.155 e. The van der Waals surface area contributed by atoms with Gasteiger partial charge >= 0.3 is 0 Å². The minimum absolute atomic E-state index is 0.121. The summed E-state index contributed by atoms with van der Waals surface area (Å²) in [7, 11) is 0. The summed E-state index contributed by atoms with van der Waals surface area (Å²) in [4.78, 5) is 4.84. The molecule has 31 heavy (non-hydrogen) atoms. The van der Waals surface area contributed by atoms with Gasteiger partial charge in [-0.1, -0.05) is 56.9 Å². The lowest BCUT2D eigenvalue weighted by molar-refractivity contribution is 0.272. The number of nitrogens with one attached hydrogen (secondary N) is 2. The second-order valence-electron chi connectivity index (χ2n) is 8.29. The number of hydrogen-bond acceptors (Lipinski definition) is 4. The van der Waals surface area contributed by atoms with Crippen LogP contribution in [0.25, 0.3) is 0 Å². The number of nitrogens with zero attached hydrogens (tertiary/aromatic N) is 1. The van der Waals surface area contributed by atoms with E-state index >= 15 is 0 Å². The molecule has 1 atom stereocenters. The number of hydrogen-bond donors (Lipinski definition) is 2. The van der Waals surface area contributed by atoms with E-state index in [1.54, 1.807) is 0 Å². The first-order chi connectivity index (χ1) is 14.9.